The van der Waals surface area contributed by atoms with Gasteiger partial charge in [-0.1, -0.05) is 0 Å². The number of hydrogen-bond acceptors (Lipinski definition) is 5. The Morgan fingerprint density at radius 2 is 2.04 bits per heavy atom. The minimum atomic E-state index is -0.206. The number of methoxy groups -OCH3 is 1. The van der Waals surface area contributed by atoms with E-state index < -0.39 is 0 Å². The molecule has 1 N–H and O–H groups in total. The minimum absolute atomic E-state index is 0.203. The summed E-state index contributed by atoms with van der Waals surface area (Å²) in [5.41, 5.74) is 1.66. The maximum Gasteiger partial charge on any atom is 0.322 e. The number of aromatic nitrogens is 1. The van der Waals surface area contributed by atoms with Crippen molar-refractivity contribution in [2.24, 2.45) is 0 Å². The Morgan fingerprint density at radius 3 is 2.83 bits per heavy atom. The van der Waals surface area contributed by atoms with Crippen molar-refractivity contribution in [2.45, 2.75) is 6.54 Å². The van der Waals surface area contributed by atoms with Crippen LogP contribution >= 0.6 is 0 Å². The highest BCUT2D eigenvalue weighted by Crippen LogP contribution is 2.34. The van der Waals surface area contributed by atoms with Crippen LogP contribution in [0.2, 0.25) is 0 Å². The summed E-state index contributed by atoms with van der Waals surface area (Å²) in [7, 11) is 1.61. The van der Waals surface area contributed by atoms with Crippen LogP contribution in [0.3, 0.4) is 0 Å². The molecule has 0 saturated heterocycles. The number of carbonyl (C=O) groups excluding carboxylic acids is 1. The number of anilines is 1. The van der Waals surface area contributed by atoms with Gasteiger partial charge in [-0.2, -0.15) is 0 Å². The number of nitrogens with one attached hydrogen (secondary N) is 1. The second kappa shape index (κ2) is 7.65. The molecule has 0 fully saturated rings. The summed E-state index contributed by atoms with van der Waals surface area (Å²) in [6, 6.07) is 8.87. The summed E-state index contributed by atoms with van der Waals surface area (Å²) in [6.07, 6.45) is 3.42. The van der Waals surface area contributed by atoms with Gasteiger partial charge in [-0.15, -0.1) is 0 Å². The standard InChI is InChI=1S/C17H19N3O4/c1-22-9-8-20(11-13-4-6-18-7-5-13)17(21)19-14-2-3-15-16(10-14)24-12-23-15/h2-7,10H,8-9,11-12H2,1H3,(H,19,21). The van der Waals surface area contributed by atoms with E-state index in [0.717, 1.165) is 5.56 Å². The molecule has 0 spiro atoms. The number of benzene rings is 1. The van der Waals surface area contributed by atoms with E-state index in [-0.39, 0.29) is 12.8 Å². The smallest absolute Gasteiger partial charge is 0.322 e. The molecule has 0 atom stereocenters. The van der Waals surface area contributed by atoms with Crippen LogP contribution in [0.1, 0.15) is 5.56 Å². The first-order chi connectivity index (χ1) is 11.8. The van der Waals surface area contributed by atoms with E-state index in [2.05, 4.69) is 10.3 Å². The summed E-state index contributed by atoms with van der Waals surface area (Å²) in [6.45, 7) is 1.62. The van der Waals surface area contributed by atoms with Crippen molar-refractivity contribution in [1.82, 2.24) is 9.88 Å². The molecular weight excluding hydrogens is 310 g/mol. The lowest BCUT2D eigenvalue weighted by molar-refractivity contribution is 0.153. The predicted molar refractivity (Wildman–Crippen MR) is 88.1 cm³/mol. The molecule has 126 valence electrons. The van der Waals surface area contributed by atoms with Crippen molar-refractivity contribution in [3.8, 4) is 11.5 Å². The van der Waals surface area contributed by atoms with Crippen molar-refractivity contribution in [3.05, 3.63) is 48.3 Å². The van der Waals surface area contributed by atoms with E-state index in [9.17, 15) is 4.79 Å². The third-order valence-corrected chi connectivity index (χ3v) is 3.60. The van der Waals surface area contributed by atoms with Gasteiger partial charge >= 0.3 is 6.03 Å². The Labute approximate surface area is 140 Å². The van der Waals surface area contributed by atoms with Crippen LogP contribution in [0.5, 0.6) is 11.5 Å². The van der Waals surface area contributed by atoms with Gasteiger partial charge in [0.1, 0.15) is 0 Å². The fourth-order valence-electron chi connectivity index (χ4n) is 2.34. The highest BCUT2D eigenvalue weighted by atomic mass is 16.7. The second-order valence-corrected chi connectivity index (χ2v) is 5.27. The number of rotatable bonds is 6. The van der Waals surface area contributed by atoms with E-state index in [1.54, 1.807) is 42.6 Å². The van der Waals surface area contributed by atoms with Crippen LogP contribution in [-0.2, 0) is 11.3 Å². The Bertz CT molecular complexity index is 693. The molecular formula is C17H19N3O4. The Morgan fingerprint density at radius 1 is 1.25 bits per heavy atom. The normalized spacial score (nSPS) is 12.0. The molecule has 0 aliphatic carbocycles. The molecule has 0 saturated carbocycles. The number of urea groups is 1. The summed E-state index contributed by atoms with van der Waals surface area (Å²) < 4.78 is 15.7. The van der Waals surface area contributed by atoms with Crippen LogP contribution in [0, 0.1) is 0 Å². The first-order valence-electron chi connectivity index (χ1n) is 7.59. The second-order valence-electron chi connectivity index (χ2n) is 5.27. The fourth-order valence-corrected chi connectivity index (χ4v) is 2.34. The fraction of sp³-hybridized carbons (Fsp3) is 0.294. The Kier molecular flexibility index (Phi) is 5.12. The zero-order chi connectivity index (χ0) is 16.8. The maximum absolute atomic E-state index is 12.6. The lowest BCUT2D eigenvalue weighted by atomic mass is 10.2. The monoisotopic (exact) mass is 329 g/mol. The van der Waals surface area contributed by atoms with Gasteiger partial charge in [-0.05, 0) is 29.8 Å². The lowest BCUT2D eigenvalue weighted by Crippen LogP contribution is -2.36. The van der Waals surface area contributed by atoms with Crippen LogP contribution in [0.25, 0.3) is 0 Å². The summed E-state index contributed by atoms with van der Waals surface area (Å²) >= 11 is 0. The topological polar surface area (TPSA) is 72.9 Å². The number of hydrogen-bond donors (Lipinski definition) is 1. The number of ether oxygens (including phenoxy) is 3. The van der Waals surface area contributed by atoms with Crippen molar-refractivity contribution in [3.63, 3.8) is 0 Å². The number of nitrogens with zero attached hydrogens (tertiary/aromatic N) is 2. The Balaban J connectivity index is 1.68. The van der Waals surface area contributed by atoms with Crippen LogP contribution in [-0.4, -0.2) is 43.0 Å². The molecule has 2 amide bonds. The van der Waals surface area contributed by atoms with Gasteiger partial charge in [-0.3, -0.25) is 4.98 Å². The van der Waals surface area contributed by atoms with E-state index in [1.165, 1.54) is 0 Å². The average Bonchev–Trinajstić information content (AvgIpc) is 3.07. The zero-order valence-corrected chi connectivity index (χ0v) is 13.4. The molecule has 2 aromatic rings. The molecule has 0 unspecified atom stereocenters. The van der Waals surface area contributed by atoms with Crippen molar-refractivity contribution in [1.29, 1.82) is 0 Å². The summed E-state index contributed by atoms with van der Waals surface area (Å²) in [4.78, 5) is 18.3. The van der Waals surface area contributed by atoms with Crippen LogP contribution in [0.15, 0.2) is 42.7 Å². The van der Waals surface area contributed by atoms with Crippen molar-refractivity contribution < 1.29 is 19.0 Å². The SMILES string of the molecule is COCCN(Cc1ccncc1)C(=O)Nc1ccc2c(c1)OCO2. The van der Waals surface area contributed by atoms with Crippen molar-refractivity contribution in [2.75, 3.05) is 32.4 Å². The van der Waals surface area contributed by atoms with E-state index in [0.29, 0.717) is 36.9 Å². The Hall–Kier alpha value is -2.80. The third-order valence-electron chi connectivity index (χ3n) is 3.60. The highest BCUT2D eigenvalue weighted by molar-refractivity contribution is 5.89. The van der Waals surface area contributed by atoms with Gasteiger partial charge in [0.25, 0.3) is 0 Å². The first-order valence-corrected chi connectivity index (χ1v) is 7.59. The minimum Gasteiger partial charge on any atom is -0.454 e. The highest BCUT2D eigenvalue weighted by Gasteiger charge is 2.17. The van der Waals surface area contributed by atoms with Gasteiger partial charge < -0.3 is 24.4 Å². The van der Waals surface area contributed by atoms with Gasteiger partial charge in [0.2, 0.25) is 6.79 Å². The van der Waals surface area contributed by atoms with E-state index >= 15 is 0 Å². The number of amides is 2. The molecule has 2 heterocycles. The third kappa shape index (κ3) is 3.94. The molecule has 1 aliphatic heterocycles. The first kappa shape index (κ1) is 16.1. The zero-order valence-electron chi connectivity index (χ0n) is 13.4. The molecule has 0 radical (unpaired) electrons. The largest absolute Gasteiger partial charge is 0.454 e. The molecule has 0 bridgehead atoms. The van der Waals surface area contributed by atoms with Crippen LogP contribution in [0.4, 0.5) is 10.5 Å². The molecule has 1 aromatic heterocycles. The molecule has 7 nitrogen and oxygen atoms in total. The van der Waals surface area contributed by atoms with Gasteiger partial charge in [0.05, 0.1) is 6.61 Å². The number of pyridine rings is 1. The molecule has 7 heteroatoms. The maximum atomic E-state index is 12.6. The van der Waals surface area contributed by atoms with Gasteiger partial charge in [0, 0.05) is 44.3 Å². The predicted octanol–water partition coefficient (Wildman–Crippen LogP) is 2.49. The van der Waals surface area contributed by atoms with Crippen molar-refractivity contribution >= 4 is 11.7 Å². The van der Waals surface area contributed by atoms with Crippen LogP contribution < -0.4 is 14.8 Å². The van der Waals surface area contributed by atoms with E-state index in [1.807, 2.05) is 12.1 Å². The summed E-state index contributed by atoms with van der Waals surface area (Å²) in [5.74, 6) is 1.31. The number of fused-ring (bicyclic) bond motifs is 1. The lowest BCUT2D eigenvalue weighted by Gasteiger charge is -2.23. The average molecular weight is 329 g/mol. The quantitative estimate of drug-likeness (QED) is 0.881. The molecule has 24 heavy (non-hydrogen) atoms. The van der Waals surface area contributed by atoms with Gasteiger partial charge in [-0.25, -0.2) is 4.79 Å². The molecule has 3 rings (SSSR count). The molecule has 1 aliphatic rings. The summed E-state index contributed by atoms with van der Waals surface area (Å²) in [5, 5.41) is 2.88. The van der Waals surface area contributed by atoms with E-state index in [4.69, 9.17) is 14.2 Å². The van der Waals surface area contributed by atoms with Gasteiger partial charge in [0.15, 0.2) is 11.5 Å². The number of carbonyl (C=O) groups is 1. The molecule has 1 aromatic carbocycles.